The summed E-state index contributed by atoms with van der Waals surface area (Å²) in [5.41, 5.74) is 3.49. The maximum atomic E-state index is 12.1. The highest BCUT2D eigenvalue weighted by Crippen LogP contribution is 2.19. The van der Waals surface area contributed by atoms with Gasteiger partial charge in [0.25, 0.3) is 0 Å². The quantitative estimate of drug-likeness (QED) is 0.580. The van der Waals surface area contributed by atoms with Gasteiger partial charge in [0.05, 0.1) is 24.5 Å². The number of carbonyl (C=O) groups excluding carboxylic acids is 1. The highest BCUT2D eigenvalue weighted by molar-refractivity contribution is 5.89. The minimum Gasteiger partial charge on any atom is -0.494 e. The summed E-state index contributed by atoms with van der Waals surface area (Å²) in [5.74, 6) is 0.802. The number of amides is 2. The van der Waals surface area contributed by atoms with Crippen molar-refractivity contribution in [2.45, 2.75) is 26.3 Å². The van der Waals surface area contributed by atoms with Gasteiger partial charge < -0.3 is 15.4 Å². The minimum atomic E-state index is -0.282. The summed E-state index contributed by atoms with van der Waals surface area (Å²) < 4.78 is 7.41. The Labute approximate surface area is 164 Å². The van der Waals surface area contributed by atoms with Crippen molar-refractivity contribution in [1.82, 2.24) is 20.1 Å². The molecule has 0 atom stereocenters. The standard InChI is InChI=1S/C21H25N5O2/c1-3-4-13-28-19-7-5-17(6-8-19)24-21(27)23-15-18-14-20(26(2)25-18)16-9-11-22-12-10-16/h5-12,14H,3-4,13,15H2,1-2H3,(H2,23,24,27). The third-order valence-corrected chi connectivity index (χ3v) is 4.22. The summed E-state index contributed by atoms with van der Waals surface area (Å²) in [6.45, 7) is 3.16. The summed E-state index contributed by atoms with van der Waals surface area (Å²) in [6, 6.07) is 12.9. The first-order valence-electron chi connectivity index (χ1n) is 9.36. The maximum Gasteiger partial charge on any atom is 0.319 e. The van der Waals surface area contributed by atoms with Crippen LogP contribution in [0.15, 0.2) is 54.9 Å². The summed E-state index contributed by atoms with van der Waals surface area (Å²) in [7, 11) is 1.88. The van der Waals surface area contributed by atoms with Gasteiger partial charge in [-0.1, -0.05) is 13.3 Å². The lowest BCUT2D eigenvalue weighted by molar-refractivity contribution is 0.251. The van der Waals surface area contributed by atoms with Gasteiger partial charge in [-0.2, -0.15) is 5.10 Å². The number of pyridine rings is 1. The first-order valence-corrected chi connectivity index (χ1v) is 9.36. The molecular formula is C21H25N5O2. The number of anilines is 1. The van der Waals surface area contributed by atoms with Gasteiger partial charge in [0.15, 0.2) is 0 Å². The molecule has 0 saturated heterocycles. The Morgan fingerprint density at radius 3 is 2.61 bits per heavy atom. The van der Waals surface area contributed by atoms with Crippen molar-refractivity contribution in [3.63, 3.8) is 0 Å². The molecule has 3 aromatic rings. The van der Waals surface area contributed by atoms with Gasteiger partial charge >= 0.3 is 6.03 Å². The molecule has 0 aliphatic heterocycles. The summed E-state index contributed by atoms with van der Waals surface area (Å²) in [4.78, 5) is 16.2. The second-order valence-electron chi connectivity index (χ2n) is 6.41. The molecule has 2 amide bonds. The molecule has 2 aromatic heterocycles. The monoisotopic (exact) mass is 379 g/mol. The van der Waals surface area contributed by atoms with E-state index >= 15 is 0 Å². The van der Waals surface area contributed by atoms with Gasteiger partial charge in [0.1, 0.15) is 5.75 Å². The van der Waals surface area contributed by atoms with Gasteiger partial charge in [-0.05, 0) is 48.9 Å². The molecule has 0 aliphatic rings. The van der Waals surface area contributed by atoms with Gasteiger partial charge in [-0.15, -0.1) is 0 Å². The fraction of sp³-hybridized carbons (Fsp3) is 0.286. The number of rotatable bonds is 8. The molecule has 0 spiro atoms. The van der Waals surface area contributed by atoms with Crippen molar-refractivity contribution in [1.29, 1.82) is 0 Å². The number of nitrogens with zero attached hydrogens (tertiary/aromatic N) is 3. The number of aryl methyl sites for hydroxylation is 1. The summed E-state index contributed by atoms with van der Waals surface area (Å²) >= 11 is 0. The highest BCUT2D eigenvalue weighted by atomic mass is 16.5. The number of nitrogens with one attached hydrogen (secondary N) is 2. The van der Waals surface area contributed by atoms with Crippen LogP contribution in [0, 0.1) is 0 Å². The molecule has 0 aliphatic carbocycles. The fourth-order valence-electron chi connectivity index (χ4n) is 2.72. The van der Waals surface area contributed by atoms with E-state index in [1.54, 1.807) is 17.1 Å². The lowest BCUT2D eigenvalue weighted by Crippen LogP contribution is -2.28. The van der Waals surface area contributed by atoms with E-state index in [2.05, 4.69) is 27.6 Å². The van der Waals surface area contributed by atoms with Crippen LogP contribution in [0.1, 0.15) is 25.5 Å². The largest absolute Gasteiger partial charge is 0.494 e. The van der Waals surface area contributed by atoms with Crippen LogP contribution in [0.25, 0.3) is 11.3 Å². The van der Waals surface area contributed by atoms with Gasteiger partial charge in [-0.25, -0.2) is 4.79 Å². The SMILES string of the molecule is CCCCOc1ccc(NC(=O)NCc2cc(-c3ccncc3)n(C)n2)cc1. The lowest BCUT2D eigenvalue weighted by Gasteiger charge is -2.08. The summed E-state index contributed by atoms with van der Waals surface area (Å²) in [5, 5.41) is 10.1. The molecule has 28 heavy (non-hydrogen) atoms. The minimum absolute atomic E-state index is 0.282. The van der Waals surface area contributed by atoms with E-state index in [1.807, 2.05) is 49.5 Å². The molecule has 1 aromatic carbocycles. The van der Waals surface area contributed by atoms with Crippen LogP contribution >= 0.6 is 0 Å². The highest BCUT2D eigenvalue weighted by Gasteiger charge is 2.09. The molecule has 7 nitrogen and oxygen atoms in total. The second kappa shape index (κ2) is 9.55. The van der Waals surface area contributed by atoms with Crippen LogP contribution in [0.3, 0.4) is 0 Å². The van der Waals surface area contributed by atoms with Crippen molar-refractivity contribution in [2.75, 3.05) is 11.9 Å². The number of ether oxygens (including phenoxy) is 1. The van der Waals surface area contributed by atoms with Crippen LogP contribution in [-0.4, -0.2) is 27.4 Å². The second-order valence-corrected chi connectivity index (χ2v) is 6.41. The third-order valence-electron chi connectivity index (χ3n) is 4.22. The molecule has 0 unspecified atom stereocenters. The Morgan fingerprint density at radius 1 is 1.14 bits per heavy atom. The smallest absolute Gasteiger partial charge is 0.319 e. The predicted octanol–water partition coefficient (Wildman–Crippen LogP) is 3.98. The first kappa shape index (κ1) is 19.4. The van der Waals surface area contributed by atoms with Crippen molar-refractivity contribution >= 4 is 11.7 Å². The van der Waals surface area contributed by atoms with Crippen molar-refractivity contribution in [3.05, 3.63) is 60.6 Å². The van der Waals surface area contributed by atoms with Crippen LogP contribution in [-0.2, 0) is 13.6 Å². The van der Waals surface area contributed by atoms with E-state index in [1.165, 1.54) is 0 Å². The van der Waals surface area contributed by atoms with Gasteiger partial charge in [0, 0.05) is 30.7 Å². The predicted molar refractivity (Wildman–Crippen MR) is 109 cm³/mol. The fourth-order valence-corrected chi connectivity index (χ4v) is 2.72. The van der Waals surface area contributed by atoms with E-state index in [-0.39, 0.29) is 6.03 Å². The van der Waals surface area contributed by atoms with Crippen molar-refractivity contribution in [2.24, 2.45) is 7.05 Å². The van der Waals surface area contributed by atoms with E-state index < -0.39 is 0 Å². The Bertz CT molecular complexity index is 891. The number of carbonyl (C=O) groups is 1. The van der Waals surface area contributed by atoms with Crippen LogP contribution < -0.4 is 15.4 Å². The molecule has 7 heteroatoms. The number of unbranched alkanes of at least 4 members (excludes halogenated alkanes) is 1. The topological polar surface area (TPSA) is 81.1 Å². The molecule has 2 heterocycles. The molecule has 0 radical (unpaired) electrons. The molecule has 2 N–H and O–H groups in total. The molecule has 0 bridgehead atoms. The average molecular weight is 379 g/mol. The Morgan fingerprint density at radius 2 is 1.89 bits per heavy atom. The number of aromatic nitrogens is 3. The van der Waals surface area contributed by atoms with Crippen molar-refractivity contribution < 1.29 is 9.53 Å². The maximum absolute atomic E-state index is 12.1. The molecule has 146 valence electrons. The number of hydrogen-bond acceptors (Lipinski definition) is 4. The van der Waals surface area contributed by atoms with Gasteiger partial charge in [0.2, 0.25) is 0 Å². The lowest BCUT2D eigenvalue weighted by atomic mass is 10.2. The number of urea groups is 1. The number of hydrogen-bond donors (Lipinski definition) is 2. The van der Waals surface area contributed by atoms with Gasteiger partial charge in [-0.3, -0.25) is 9.67 Å². The zero-order chi connectivity index (χ0) is 19.8. The molecule has 0 fully saturated rings. The van der Waals surface area contributed by atoms with Crippen molar-refractivity contribution in [3.8, 4) is 17.0 Å². The van der Waals surface area contributed by atoms with Crippen LogP contribution in [0.4, 0.5) is 10.5 Å². The van der Waals surface area contributed by atoms with E-state index in [0.29, 0.717) is 18.8 Å². The normalized spacial score (nSPS) is 10.5. The zero-order valence-electron chi connectivity index (χ0n) is 16.2. The van der Waals surface area contributed by atoms with Crippen LogP contribution in [0.5, 0.6) is 5.75 Å². The molecule has 0 saturated carbocycles. The number of benzene rings is 1. The Balaban J connectivity index is 1.51. The Kier molecular flexibility index (Phi) is 6.62. The van der Waals surface area contributed by atoms with Crippen LogP contribution in [0.2, 0.25) is 0 Å². The van der Waals surface area contributed by atoms with E-state index in [4.69, 9.17) is 4.74 Å². The van der Waals surface area contributed by atoms with E-state index in [0.717, 1.165) is 35.5 Å². The molecular weight excluding hydrogens is 354 g/mol. The average Bonchev–Trinajstić information content (AvgIpc) is 3.09. The summed E-state index contributed by atoms with van der Waals surface area (Å²) in [6.07, 6.45) is 5.61. The molecule has 3 rings (SSSR count). The zero-order valence-corrected chi connectivity index (χ0v) is 16.2. The van der Waals surface area contributed by atoms with E-state index in [9.17, 15) is 4.79 Å². The Hall–Kier alpha value is -3.35. The first-order chi connectivity index (χ1) is 13.7. The third kappa shape index (κ3) is 5.33.